The van der Waals surface area contributed by atoms with Crippen LogP contribution in [0, 0.1) is 0 Å². The molecule has 3 rings (SSSR count). The monoisotopic (exact) mass is 393 g/mol. The molecule has 0 aromatic heterocycles. The van der Waals surface area contributed by atoms with Crippen LogP contribution in [0.15, 0.2) is 42.5 Å². The summed E-state index contributed by atoms with van der Waals surface area (Å²) in [5.41, 5.74) is -1.05. The molecule has 0 radical (unpaired) electrons. The molecular formula is C19H17Cl2NO4. The molecule has 0 bridgehead atoms. The average Bonchev–Trinajstić information content (AvgIpc) is 2.77. The second kappa shape index (κ2) is 7.27. The van der Waals surface area contributed by atoms with Crippen molar-refractivity contribution in [2.75, 3.05) is 18.1 Å². The summed E-state index contributed by atoms with van der Waals surface area (Å²) in [5, 5.41) is 11.8. The van der Waals surface area contributed by atoms with Gasteiger partial charge in [0, 0.05) is 17.0 Å². The van der Waals surface area contributed by atoms with Crippen LogP contribution in [0.4, 0.5) is 5.69 Å². The molecule has 0 saturated carbocycles. The van der Waals surface area contributed by atoms with Gasteiger partial charge in [-0.3, -0.25) is 9.59 Å². The Morgan fingerprint density at radius 1 is 1.23 bits per heavy atom. The fraction of sp³-hybridized carbons (Fsp3) is 0.263. The minimum absolute atomic E-state index is 0.174. The number of hydrogen-bond donors (Lipinski definition) is 1. The number of ether oxygens (including phenoxy) is 1. The quantitative estimate of drug-likeness (QED) is 0.814. The number of hydrogen-bond acceptors (Lipinski definition) is 4. The number of nitrogens with zero attached hydrogens (tertiary/aromatic N) is 1. The molecule has 2 aromatic rings. The van der Waals surface area contributed by atoms with E-state index in [0.717, 1.165) is 0 Å². The Morgan fingerprint density at radius 2 is 1.96 bits per heavy atom. The minimum Gasteiger partial charge on any atom is -0.490 e. The van der Waals surface area contributed by atoms with Gasteiger partial charge in [-0.2, -0.15) is 0 Å². The Kier molecular flexibility index (Phi) is 5.23. The van der Waals surface area contributed by atoms with Gasteiger partial charge in [0.2, 0.25) is 0 Å². The van der Waals surface area contributed by atoms with Crippen molar-refractivity contribution in [2.24, 2.45) is 0 Å². The maximum Gasteiger partial charge on any atom is 0.264 e. The molecule has 5 nitrogen and oxygen atoms in total. The van der Waals surface area contributed by atoms with Crippen molar-refractivity contribution < 1.29 is 19.4 Å². The maximum absolute atomic E-state index is 12.8. The van der Waals surface area contributed by atoms with Crippen LogP contribution in [-0.4, -0.2) is 29.9 Å². The van der Waals surface area contributed by atoms with E-state index in [1.54, 1.807) is 36.4 Å². The van der Waals surface area contributed by atoms with Crippen molar-refractivity contribution in [3.05, 3.63) is 58.1 Å². The van der Waals surface area contributed by atoms with E-state index in [1.165, 1.54) is 17.9 Å². The second-order valence-electron chi connectivity index (χ2n) is 6.14. The lowest BCUT2D eigenvalue weighted by Crippen LogP contribution is -2.43. The van der Waals surface area contributed by atoms with Crippen LogP contribution < -0.4 is 9.64 Å². The summed E-state index contributed by atoms with van der Waals surface area (Å²) in [6.45, 7) is 1.70. The number of fused-ring (bicyclic) bond motifs is 1. The van der Waals surface area contributed by atoms with Crippen molar-refractivity contribution >= 4 is 40.6 Å². The summed E-state index contributed by atoms with van der Waals surface area (Å²) < 4.78 is 5.63. The van der Waals surface area contributed by atoms with Crippen LogP contribution in [0.25, 0.3) is 0 Å². The summed E-state index contributed by atoms with van der Waals surface area (Å²) in [6, 6.07) is 11.8. The molecular weight excluding hydrogens is 377 g/mol. The third-order valence-electron chi connectivity index (χ3n) is 4.21. The van der Waals surface area contributed by atoms with Gasteiger partial charge in [0.1, 0.15) is 18.1 Å². The lowest BCUT2D eigenvalue weighted by Gasteiger charge is -2.22. The molecule has 0 spiro atoms. The number of halogens is 2. The molecule has 1 atom stereocenters. The summed E-state index contributed by atoms with van der Waals surface area (Å²) in [6.07, 6.45) is -0.305. The number of carbonyl (C=O) groups is 2. The first-order chi connectivity index (χ1) is 12.3. The summed E-state index contributed by atoms with van der Waals surface area (Å²) in [5.74, 6) is -0.343. The number of anilines is 1. The number of benzene rings is 2. The molecule has 1 aliphatic heterocycles. The number of rotatable bonds is 6. The van der Waals surface area contributed by atoms with E-state index in [0.29, 0.717) is 27.0 Å². The number of amides is 1. The normalized spacial score (nSPS) is 18.8. The van der Waals surface area contributed by atoms with Gasteiger partial charge in [-0.25, -0.2) is 0 Å². The highest BCUT2D eigenvalue weighted by molar-refractivity contribution is 6.32. The van der Waals surface area contributed by atoms with E-state index in [-0.39, 0.29) is 25.4 Å². The number of Topliss-reactive ketones (excluding diaryl/α,β-unsaturated/α-hetero) is 1. The van der Waals surface area contributed by atoms with Crippen LogP contribution in [0.2, 0.25) is 10.0 Å². The zero-order chi connectivity index (χ0) is 18.9. The Balaban J connectivity index is 1.83. The van der Waals surface area contributed by atoms with Crippen LogP contribution in [0.5, 0.6) is 5.75 Å². The van der Waals surface area contributed by atoms with Crippen molar-refractivity contribution in [1.82, 2.24) is 0 Å². The summed E-state index contributed by atoms with van der Waals surface area (Å²) in [4.78, 5) is 25.8. The summed E-state index contributed by atoms with van der Waals surface area (Å²) >= 11 is 12.1. The first-order valence-corrected chi connectivity index (χ1v) is 8.79. The highest BCUT2D eigenvalue weighted by Crippen LogP contribution is 2.43. The van der Waals surface area contributed by atoms with Gasteiger partial charge in [0.25, 0.3) is 5.91 Å². The zero-order valence-electron chi connectivity index (χ0n) is 14.0. The Morgan fingerprint density at radius 3 is 2.65 bits per heavy atom. The molecule has 1 heterocycles. The van der Waals surface area contributed by atoms with Gasteiger partial charge in [-0.05, 0) is 37.3 Å². The highest BCUT2D eigenvalue weighted by atomic mass is 35.5. The van der Waals surface area contributed by atoms with Crippen molar-refractivity contribution in [3.8, 4) is 5.75 Å². The van der Waals surface area contributed by atoms with Crippen LogP contribution >= 0.6 is 23.2 Å². The Hall–Kier alpha value is -2.08. The van der Waals surface area contributed by atoms with Gasteiger partial charge >= 0.3 is 0 Å². The zero-order valence-corrected chi connectivity index (χ0v) is 15.5. The molecule has 0 saturated heterocycles. The predicted octanol–water partition coefficient (Wildman–Crippen LogP) is 3.59. The molecule has 1 unspecified atom stereocenters. The average molecular weight is 394 g/mol. The summed E-state index contributed by atoms with van der Waals surface area (Å²) in [7, 11) is 0. The molecule has 0 fully saturated rings. The van der Waals surface area contributed by atoms with E-state index in [1.807, 2.05) is 0 Å². The van der Waals surface area contributed by atoms with E-state index in [2.05, 4.69) is 0 Å². The molecule has 1 N–H and O–H groups in total. The molecule has 26 heavy (non-hydrogen) atoms. The first-order valence-electron chi connectivity index (χ1n) is 8.04. The molecule has 7 heteroatoms. The Labute approximate surface area is 161 Å². The van der Waals surface area contributed by atoms with Crippen LogP contribution in [-0.2, 0) is 15.2 Å². The van der Waals surface area contributed by atoms with Gasteiger partial charge in [0.15, 0.2) is 5.60 Å². The van der Waals surface area contributed by atoms with Gasteiger partial charge in [0.05, 0.1) is 17.3 Å². The van der Waals surface area contributed by atoms with Gasteiger partial charge in [-0.1, -0.05) is 35.3 Å². The van der Waals surface area contributed by atoms with Gasteiger partial charge < -0.3 is 14.7 Å². The Bertz CT molecular complexity index is 870. The fourth-order valence-corrected chi connectivity index (χ4v) is 3.45. The largest absolute Gasteiger partial charge is 0.490 e. The molecule has 0 aliphatic carbocycles. The van der Waals surface area contributed by atoms with E-state index >= 15 is 0 Å². The van der Waals surface area contributed by atoms with Crippen molar-refractivity contribution in [1.29, 1.82) is 0 Å². The van der Waals surface area contributed by atoms with Crippen LogP contribution in [0.3, 0.4) is 0 Å². The molecule has 1 aliphatic rings. The topological polar surface area (TPSA) is 66.8 Å². The fourth-order valence-electron chi connectivity index (χ4n) is 3.08. The van der Waals surface area contributed by atoms with E-state index in [9.17, 15) is 14.7 Å². The highest BCUT2D eigenvalue weighted by Gasteiger charge is 2.50. The third kappa shape index (κ3) is 3.43. The van der Waals surface area contributed by atoms with Gasteiger partial charge in [-0.15, -0.1) is 0 Å². The SMILES string of the molecule is CC(=O)CC1(O)C(=O)N(CCOc2ccccc2Cl)c2ccc(Cl)cc21. The number of carbonyl (C=O) groups excluding carboxylic acids is 2. The lowest BCUT2D eigenvalue weighted by atomic mass is 9.90. The number of ketones is 1. The number of aliphatic hydroxyl groups is 1. The second-order valence-corrected chi connectivity index (χ2v) is 6.98. The van der Waals surface area contributed by atoms with Crippen molar-refractivity contribution in [3.63, 3.8) is 0 Å². The lowest BCUT2D eigenvalue weighted by molar-refractivity contribution is -0.141. The third-order valence-corrected chi connectivity index (χ3v) is 4.76. The molecule has 1 amide bonds. The standard InChI is InChI=1S/C19H17Cl2NO4/c1-12(23)11-19(25)14-10-13(20)6-7-16(14)22(18(19)24)8-9-26-17-5-3-2-4-15(17)21/h2-7,10,25H,8-9,11H2,1H3. The first kappa shape index (κ1) is 18.7. The smallest absolute Gasteiger partial charge is 0.264 e. The van der Waals surface area contributed by atoms with Crippen LogP contribution in [0.1, 0.15) is 18.9 Å². The van der Waals surface area contributed by atoms with E-state index in [4.69, 9.17) is 27.9 Å². The van der Waals surface area contributed by atoms with E-state index < -0.39 is 11.5 Å². The van der Waals surface area contributed by atoms with Crippen molar-refractivity contribution in [2.45, 2.75) is 18.9 Å². The minimum atomic E-state index is -1.91. The molecule has 136 valence electrons. The predicted molar refractivity (Wildman–Crippen MR) is 99.9 cm³/mol. The molecule has 2 aromatic carbocycles. The number of para-hydroxylation sites is 1. The maximum atomic E-state index is 12.8.